The van der Waals surface area contributed by atoms with E-state index >= 15 is 0 Å². The van der Waals surface area contributed by atoms with Crippen LogP contribution in [0.1, 0.15) is 355 Å². The molecular formula is C73H130O6. The lowest BCUT2D eigenvalue weighted by Gasteiger charge is -2.18. The van der Waals surface area contributed by atoms with Crippen molar-refractivity contribution in [1.82, 2.24) is 0 Å². The summed E-state index contributed by atoms with van der Waals surface area (Å²) in [6, 6.07) is 0. The summed E-state index contributed by atoms with van der Waals surface area (Å²) in [5.74, 6) is -0.898. The van der Waals surface area contributed by atoms with Crippen LogP contribution in [0.25, 0.3) is 0 Å². The molecule has 0 saturated heterocycles. The lowest BCUT2D eigenvalue weighted by molar-refractivity contribution is -0.167. The fourth-order valence-corrected chi connectivity index (χ4v) is 10.0. The van der Waals surface area contributed by atoms with E-state index in [-0.39, 0.29) is 31.1 Å². The monoisotopic (exact) mass is 1100 g/mol. The second-order valence-corrected chi connectivity index (χ2v) is 23.1. The Hall–Kier alpha value is -3.15. The molecule has 0 aromatic heterocycles. The molecule has 1 unspecified atom stereocenters. The normalized spacial score (nSPS) is 12.5. The van der Waals surface area contributed by atoms with Crippen LogP contribution < -0.4 is 0 Å². The van der Waals surface area contributed by atoms with Crippen LogP contribution in [0.4, 0.5) is 0 Å². The SMILES string of the molecule is CC/C=C\C/C=C\C/C=C\CCCCCC(=O)OCC(COC(=O)CCCCCCCCCCCCCCC/C=C\C/C=C\CCCCCCC)OC(=O)CCCCCCCCCCCCC/C=C\CCCCCCCCCC. The smallest absolute Gasteiger partial charge is 0.306 e. The van der Waals surface area contributed by atoms with Gasteiger partial charge in [0.1, 0.15) is 13.2 Å². The van der Waals surface area contributed by atoms with E-state index in [1.807, 2.05) is 0 Å². The van der Waals surface area contributed by atoms with Gasteiger partial charge in [0.25, 0.3) is 0 Å². The molecule has 0 aliphatic heterocycles. The zero-order valence-corrected chi connectivity index (χ0v) is 52.6. The highest BCUT2D eigenvalue weighted by Crippen LogP contribution is 2.17. The zero-order valence-electron chi connectivity index (χ0n) is 52.6. The molecule has 0 rings (SSSR count). The maximum Gasteiger partial charge on any atom is 0.306 e. The molecule has 1 atom stereocenters. The molecule has 0 saturated carbocycles. The number of hydrogen-bond acceptors (Lipinski definition) is 6. The van der Waals surface area contributed by atoms with E-state index in [1.54, 1.807) is 0 Å². The predicted octanol–water partition coefficient (Wildman–Crippen LogP) is 23.7. The summed E-state index contributed by atoms with van der Waals surface area (Å²) in [5.41, 5.74) is 0. The van der Waals surface area contributed by atoms with Gasteiger partial charge in [0.05, 0.1) is 0 Å². The van der Waals surface area contributed by atoms with E-state index in [0.29, 0.717) is 19.3 Å². The standard InChI is InChI=1S/C73H130O6/c1-4-7-10-13-16-19-22-25-27-29-31-33-35-36-38-39-41-43-45-48-51-54-57-60-63-66-72(75)78-69-70(68-77-71(74)65-62-59-56-53-50-47-24-21-18-15-12-9-6-3)79-73(76)67-64-61-58-55-52-49-46-44-42-40-37-34-32-30-28-26-23-20-17-14-11-8-5-2/h9,12,18,21-22,25,29-32,47,50,70H,4-8,10-11,13-17,19-20,23-24,26-28,33-46,48-49,51-69H2,1-3H3/b12-9-,21-18-,25-22-,31-29-,32-30-,50-47-. The van der Waals surface area contributed by atoms with Crippen molar-refractivity contribution < 1.29 is 28.6 Å². The molecule has 79 heavy (non-hydrogen) atoms. The molecule has 0 amide bonds. The Balaban J connectivity index is 4.28. The van der Waals surface area contributed by atoms with Crippen molar-refractivity contribution in [3.8, 4) is 0 Å². The Morgan fingerprint density at radius 1 is 0.266 bits per heavy atom. The first-order valence-corrected chi connectivity index (χ1v) is 34.4. The first-order chi connectivity index (χ1) is 39.0. The van der Waals surface area contributed by atoms with E-state index in [1.165, 1.54) is 225 Å². The highest BCUT2D eigenvalue weighted by atomic mass is 16.6. The first kappa shape index (κ1) is 75.8. The summed E-state index contributed by atoms with van der Waals surface area (Å²) >= 11 is 0. The molecule has 0 aliphatic carbocycles. The Morgan fingerprint density at radius 3 is 0.797 bits per heavy atom. The lowest BCUT2D eigenvalue weighted by Crippen LogP contribution is -2.30. The summed E-state index contributed by atoms with van der Waals surface area (Å²) in [4.78, 5) is 38.4. The van der Waals surface area contributed by atoms with Gasteiger partial charge in [0.2, 0.25) is 0 Å². The predicted molar refractivity (Wildman–Crippen MR) is 344 cm³/mol. The number of rotatable bonds is 63. The number of esters is 3. The van der Waals surface area contributed by atoms with Gasteiger partial charge in [-0.25, -0.2) is 0 Å². The molecule has 6 nitrogen and oxygen atoms in total. The first-order valence-electron chi connectivity index (χ1n) is 34.4. The van der Waals surface area contributed by atoms with Crippen molar-refractivity contribution in [1.29, 1.82) is 0 Å². The number of carbonyl (C=O) groups is 3. The van der Waals surface area contributed by atoms with Gasteiger partial charge in [-0.3, -0.25) is 14.4 Å². The third kappa shape index (κ3) is 65.5. The Kier molecular flexibility index (Phi) is 64.7. The van der Waals surface area contributed by atoms with Crippen LogP contribution in [0, 0.1) is 0 Å². The average molecular weight is 1100 g/mol. The summed E-state index contributed by atoms with van der Waals surface area (Å²) in [7, 11) is 0. The molecule has 0 radical (unpaired) electrons. The number of carbonyl (C=O) groups excluding carboxylic acids is 3. The summed E-state index contributed by atoms with van der Waals surface area (Å²) < 4.78 is 16.9. The second-order valence-electron chi connectivity index (χ2n) is 23.1. The van der Waals surface area contributed by atoms with Crippen LogP contribution in [0.3, 0.4) is 0 Å². The largest absolute Gasteiger partial charge is 0.462 e. The van der Waals surface area contributed by atoms with E-state index in [0.717, 1.165) is 89.9 Å². The Bertz CT molecular complexity index is 1450. The van der Waals surface area contributed by atoms with E-state index in [4.69, 9.17) is 14.2 Å². The van der Waals surface area contributed by atoms with Crippen LogP contribution in [0.5, 0.6) is 0 Å². The minimum atomic E-state index is -0.789. The van der Waals surface area contributed by atoms with Crippen molar-refractivity contribution >= 4 is 17.9 Å². The van der Waals surface area contributed by atoms with E-state index in [9.17, 15) is 14.4 Å². The molecule has 0 spiro atoms. The van der Waals surface area contributed by atoms with Gasteiger partial charge in [-0.1, -0.05) is 299 Å². The average Bonchev–Trinajstić information content (AvgIpc) is 3.45. The minimum Gasteiger partial charge on any atom is -0.462 e. The van der Waals surface area contributed by atoms with Crippen LogP contribution in [0.2, 0.25) is 0 Å². The summed E-state index contributed by atoms with van der Waals surface area (Å²) in [6.45, 7) is 6.54. The van der Waals surface area contributed by atoms with Crippen LogP contribution >= 0.6 is 0 Å². The Morgan fingerprint density at radius 2 is 0.494 bits per heavy atom. The quantitative estimate of drug-likeness (QED) is 0.0261. The Labute approximate surface area is 491 Å². The molecule has 0 heterocycles. The van der Waals surface area contributed by atoms with Crippen molar-refractivity contribution in [3.63, 3.8) is 0 Å². The van der Waals surface area contributed by atoms with E-state index in [2.05, 4.69) is 93.7 Å². The highest BCUT2D eigenvalue weighted by molar-refractivity contribution is 5.71. The second kappa shape index (κ2) is 67.4. The van der Waals surface area contributed by atoms with Crippen LogP contribution in [0.15, 0.2) is 72.9 Å². The fraction of sp³-hybridized carbons (Fsp3) is 0.795. The molecule has 0 aromatic rings. The molecule has 458 valence electrons. The molecule has 0 aliphatic rings. The van der Waals surface area contributed by atoms with E-state index < -0.39 is 6.10 Å². The summed E-state index contributed by atoms with van der Waals surface area (Å²) in [6.07, 6.45) is 87.9. The number of unbranched alkanes of at least 4 members (excludes halogenated alkanes) is 40. The lowest BCUT2D eigenvalue weighted by atomic mass is 10.0. The van der Waals surface area contributed by atoms with Gasteiger partial charge >= 0.3 is 17.9 Å². The number of hydrogen-bond donors (Lipinski definition) is 0. The van der Waals surface area contributed by atoms with Gasteiger partial charge in [-0.15, -0.1) is 0 Å². The highest BCUT2D eigenvalue weighted by Gasteiger charge is 2.19. The van der Waals surface area contributed by atoms with Gasteiger partial charge in [-0.05, 0) is 109 Å². The van der Waals surface area contributed by atoms with Crippen LogP contribution in [-0.2, 0) is 28.6 Å². The zero-order chi connectivity index (χ0) is 57.1. The maximum atomic E-state index is 12.9. The van der Waals surface area contributed by atoms with Crippen molar-refractivity contribution in [2.45, 2.75) is 361 Å². The molecule has 0 N–H and O–H groups in total. The van der Waals surface area contributed by atoms with Crippen molar-refractivity contribution in [2.75, 3.05) is 13.2 Å². The topological polar surface area (TPSA) is 78.9 Å². The van der Waals surface area contributed by atoms with Crippen molar-refractivity contribution in [3.05, 3.63) is 72.9 Å². The van der Waals surface area contributed by atoms with Gasteiger partial charge in [0.15, 0.2) is 6.10 Å². The van der Waals surface area contributed by atoms with Crippen LogP contribution in [-0.4, -0.2) is 37.2 Å². The molecular weight excluding hydrogens is 973 g/mol. The molecule has 6 heteroatoms. The molecule has 0 aromatic carbocycles. The third-order valence-corrected chi connectivity index (χ3v) is 15.2. The fourth-order valence-electron chi connectivity index (χ4n) is 10.0. The molecule has 0 bridgehead atoms. The maximum absolute atomic E-state index is 12.9. The summed E-state index contributed by atoms with van der Waals surface area (Å²) in [5, 5.41) is 0. The third-order valence-electron chi connectivity index (χ3n) is 15.2. The van der Waals surface area contributed by atoms with Gasteiger partial charge in [-0.2, -0.15) is 0 Å². The number of ether oxygens (including phenoxy) is 3. The van der Waals surface area contributed by atoms with Gasteiger partial charge < -0.3 is 14.2 Å². The van der Waals surface area contributed by atoms with Gasteiger partial charge in [0, 0.05) is 19.3 Å². The number of allylic oxidation sites excluding steroid dienone is 12. The molecule has 0 fully saturated rings. The minimum absolute atomic E-state index is 0.0833. The van der Waals surface area contributed by atoms with Crippen molar-refractivity contribution in [2.24, 2.45) is 0 Å².